The van der Waals surface area contributed by atoms with Crippen LogP contribution in [-0.4, -0.2) is 72.9 Å². The summed E-state index contributed by atoms with van der Waals surface area (Å²) in [6.07, 6.45) is -1.40. The third-order valence-corrected chi connectivity index (χ3v) is 6.74. The van der Waals surface area contributed by atoms with Crippen molar-refractivity contribution in [3.05, 3.63) is 47.0 Å². The molecule has 1 unspecified atom stereocenters. The Hall–Kier alpha value is -3.11. The molecule has 3 heterocycles. The van der Waals surface area contributed by atoms with Crippen LogP contribution >= 0.6 is 0 Å². The number of rotatable bonds is 10. The van der Waals surface area contributed by atoms with Crippen LogP contribution in [0, 0.1) is 12.7 Å². The summed E-state index contributed by atoms with van der Waals surface area (Å²) in [5.41, 5.74) is 1.76. The zero-order valence-corrected chi connectivity index (χ0v) is 22.2. The van der Waals surface area contributed by atoms with Crippen molar-refractivity contribution in [1.29, 1.82) is 0 Å². The van der Waals surface area contributed by atoms with Crippen LogP contribution in [0.25, 0.3) is 11.0 Å². The zero-order chi connectivity index (χ0) is 26.5. The Morgan fingerprint density at radius 2 is 1.78 bits per heavy atom. The number of piperazine rings is 1. The molecule has 0 bridgehead atoms. The average Bonchev–Trinajstić information content (AvgIpc) is 2.88. The summed E-state index contributed by atoms with van der Waals surface area (Å²) >= 11 is 0. The molecular weight excluding hydrogens is 478 g/mol. The van der Waals surface area contributed by atoms with Gasteiger partial charge in [0.1, 0.15) is 35.9 Å². The minimum Gasteiger partial charge on any atom is -0.474 e. The van der Waals surface area contributed by atoms with Gasteiger partial charge in [-0.15, -0.1) is 0 Å². The standard InChI is InChI=1S/C27H36F2N6O2/c1-6-34-10-12-35(13-11-34)23-16-22-25(30-18(3)21-9-7-8-20(17(2)28)24(21)29)31-19(4)32-26(22)33-27(23)37-15-14-36-5/h7-9,16-18H,6,10-15H2,1-5H3,(H,30,31,32,33)/t17?,18-/m1/s1. The monoisotopic (exact) mass is 514 g/mol. The third kappa shape index (κ3) is 6.07. The molecule has 0 radical (unpaired) electrons. The zero-order valence-electron chi connectivity index (χ0n) is 22.2. The summed E-state index contributed by atoms with van der Waals surface area (Å²) in [6, 6.07) is 6.33. The molecule has 0 saturated carbocycles. The van der Waals surface area contributed by atoms with Crippen molar-refractivity contribution >= 4 is 22.5 Å². The second-order valence-electron chi connectivity index (χ2n) is 9.30. The normalized spacial score (nSPS) is 16.1. The van der Waals surface area contributed by atoms with Gasteiger partial charge in [-0.1, -0.05) is 25.1 Å². The molecule has 2 aromatic heterocycles. The SMILES string of the molecule is CCN1CCN(c2cc3c(N[C@H](C)c4cccc(C(C)F)c4F)nc(C)nc3nc2OCCOC)CC1. The van der Waals surface area contributed by atoms with E-state index < -0.39 is 18.0 Å². The van der Waals surface area contributed by atoms with Gasteiger partial charge in [0.25, 0.3) is 0 Å². The molecule has 1 fully saturated rings. The summed E-state index contributed by atoms with van der Waals surface area (Å²) in [5.74, 6) is 1.02. The second-order valence-corrected chi connectivity index (χ2v) is 9.30. The van der Waals surface area contributed by atoms with Crippen LogP contribution in [0.1, 0.15) is 49.9 Å². The number of hydrogen-bond acceptors (Lipinski definition) is 8. The Balaban J connectivity index is 1.73. The van der Waals surface area contributed by atoms with Gasteiger partial charge in [0.2, 0.25) is 5.88 Å². The predicted octanol–water partition coefficient (Wildman–Crippen LogP) is 4.84. The Morgan fingerprint density at radius 1 is 1.05 bits per heavy atom. The number of benzene rings is 1. The number of alkyl halides is 1. The summed E-state index contributed by atoms with van der Waals surface area (Å²) in [4.78, 5) is 18.6. The number of ether oxygens (including phenoxy) is 2. The van der Waals surface area contributed by atoms with E-state index in [1.807, 2.05) is 13.0 Å². The maximum atomic E-state index is 15.1. The van der Waals surface area contributed by atoms with Crippen LogP contribution in [0.15, 0.2) is 24.3 Å². The molecule has 37 heavy (non-hydrogen) atoms. The number of fused-ring (bicyclic) bond motifs is 1. The minimum atomic E-state index is -1.40. The maximum absolute atomic E-state index is 15.1. The fourth-order valence-corrected chi connectivity index (χ4v) is 4.60. The Morgan fingerprint density at radius 3 is 2.46 bits per heavy atom. The Kier molecular flexibility index (Phi) is 8.71. The molecule has 0 aliphatic carbocycles. The molecule has 10 heteroatoms. The Labute approximate surface area is 217 Å². The lowest BCUT2D eigenvalue weighted by molar-refractivity contribution is 0.144. The maximum Gasteiger partial charge on any atom is 0.239 e. The van der Waals surface area contributed by atoms with Gasteiger partial charge >= 0.3 is 0 Å². The number of halogens is 2. The molecule has 1 saturated heterocycles. The number of hydrogen-bond donors (Lipinski definition) is 1. The first-order chi connectivity index (χ1) is 17.8. The minimum absolute atomic E-state index is 0.0444. The second kappa shape index (κ2) is 12.0. The quantitative estimate of drug-likeness (QED) is 0.385. The first-order valence-corrected chi connectivity index (χ1v) is 12.8. The molecule has 3 aromatic rings. The number of nitrogens with one attached hydrogen (secondary N) is 1. The highest BCUT2D eigenvalue weighted by Gasteiger charge is 2.24. The molecule has 4 rings (SSSR count). The highest BCUT2D eigenvalue weighted by atomic mass is 19.1. The first-order valence-electron chi connectivity index (χ1n) is 12.8. The van der Waals surface area contributed by atoms with E-state index in [2.05, 4.69) is 32.0 Å². The summed E-state index contributed by atoms with van der Waals surface area (Å²) in [6.45, 7) is 12.5. The van der Waals surface area contributed by atoms with Crippen LogP contribution in [0.5, 0.6) is 5.88 Å². The van der Waals surface area contributed by atoms with Crippen molar-refractivity contribution in [1.82, 2.24) is 19.9 Å². The van der Waals surface area contributed by atoms with Crippen molar-refractivity contribution in [2.45, 2.75) is 39.9 Å². The van der Waals surface area contributed by atoms with Crippen molar-refractivity contribution < 1.29 is 18.3 Å². The largest absolute Gasteiger partial charge is 0.474 e. The van der Waals surface area contributed by atoms with Gasteiger partial charge in [-0.2, -0.15) is 4.98 Å². The smallest absolute Gasteiger partial charge is 0.239 e. The molecular formula is C27H36F2N6O2. The fraction of sp³-hybridized carbons (Fsp3) is 0.519. The lowest BCUT2D eigenvalue weighted by Crippen LogP contribution is -2.46. The molecule has 0 amide bonds. The number of methoxy groups -OCH3 is 1. The van der Waals surface area contributed by atoms with E-state index in [1.165, 1.54) is 13.0 Å². The van der Waals surface area contributed by atoms with E-state index in [1.54, 1.807) is 26.2 Å². The van der Waals surface area contributed by atoms with Crippen LogP contribution in [0.2, 0.25) is 0 Å². The fourth-order valence-electron chi connectivity index (χ4n) is 4.60. The molecule has 1 aromatic carbocycles. The van der Waals surface area contributed by atoms with E-state index >= 15 is 4.39 Å². The van der Waals surface area contributed by atoms with Crippen LogP contribution < -0.4 is 15.0 Å². The summed E-state index contributed by atoms with van der Waals surface area (Å²) < 4.78 is 40.2. The molecule has 1 N–H and O–H groups in total. The van der Waals surface area contributed by atoms with Crippen molar-refractivity contribution in [3.8, 4) is 5.88 Å². The van der Waals surface area contributed by atoms with Gasteiger partial charge in [-0.05, 0) is 33.4 Å². The molecule has 200 valence electrons. The first kappa shape index (κ1) is 26.9. The molecule has 0 spiro atoms. The summed E-state index contributed by atoms with van der Waals surface area (Å²) in [7, 11) is 1.63. The van der Waals surface area contributed by atoms with Crippen LogP contribution in [0.3, 0.4) is 0 Å². The molecule has 1 aliphatic heterocycles. The number of anilines is 2. The summed E-state index contributed by atoms with van der Waals surface area (Å²) in [5, 5.41) is 4.03. The molecule has 2 atom stereocenters. The predicted molar refractivity (Wildman–Crippen MR) is 142 cm³/mol. The van der Waals surface area contributed by atoms with E-state index in [0.717, 1.165) is 38.4 Å². The van der Waals surface area contributed by atoms with Crippen molar-refractivity contribution in [2.75, 3.05) is 63.3 Å². The van der Waals surface area contributed by atoms with Gasteiger partial charge in [0, 0.05) is 44.4 Å². The van der Waals surface area contributed by atoms with E-state index in [9.17, 15) is 4.39 Å². The Bertz CT molecular complexity index is 1220. The van der Waals surface area contributed by atoms with Crippen molar-refractivity contribution in [3.63, 3.8) is 0 Å². The number of aromatic nitrogens is 3. The number of pyridine rings is 1. The third-order valence-electron chi connectivity index (χ3n) is 6.74. The van der Waals surface area contributed by atoms with Gasteiger partial charge in [0.15, 0.2) is 5.65 Å². The van der Waals surface area contributed by atoms with E-state index in [0.29, 0.717) is 47.3 Å². The van der Waals surface area contributed by atoms with Crippen molar-refractivity contribution in [2.24, 2.45) is 0 Å². The van der Waals surface area contributed by atoms with Gasteiger partial charge in [-0.3, -0.25) is 0 Å². The van der Waals surface area contributed by atoms with Crippen LogP contribution in [-0.2, 0) is 4.74 Å². The lowest BCUT2D eigenvalue weighted by Gasteiger charge is -2.36. The highest BCUT2D eigenvalue weighted by molar-refractivity contribution is 5.90. The number of likely N-dealkylation sites (N-methyl/N-ethyl adjacent to an activating group) is 1. The number of nitrogens with zero attached hydrogens (tertiary/aromatic N) is 5. The molecule has 8 nitrogen and oxygen atoms in total. The number of aryl methyl sites for hydroxylation is 1. The highest BCUT2D eigenvalue weighted by Crippen LogP contribution is 2.35. The van der Waals surface area contributed by atoms with E-state index in [-0.39, 0.29) is 5.56 Å². The lowest BCUT2D eigenvalue weighted by atomic mass is 10.0. The topological polar surface area (TPSA) is 75.6 Å². The van der Waals surface area contributed by atoms with Gasteiger partial charge in [0.05, 0.1) is 18.0 Å². The average molecular weight is 515 g/mol. The van der Waals surface area contributed by atoms with E-state index in [4.69, 9.17) is 14.5 Å². The van der Waals surface area contributed by atoms with Gasteiger partial charge in [-0.25, -0.2) is 18.7 Å². The van der Waals surface area contributed by atoms with Gasteiger partial charge < -0.3 is 24.6 Å². The van der Waals surface area contributed by atoms with Crippen LogP contribution in [0.4, 0.5) is 20.3 Å². The molecule has 1 aliphatic rings.